The van der Waals surface area contributed by atoms with Crippen LogP contribution in [0.25, 0.3) is 5.69 Å². The molecule has 1 aliphatic rings. The lowest BCUT2D eigenvalue weighted by Gasteiger charge is -2.31. The summed E-state index contributed by atoms with van der Waals surface area (Å²) in [6.45, 7) is 4.21. The summed E-state index contributed by atoms with van der Waals surface area (Å²) in [5.74, 6) is 1.27. The summed E-state index contributed by atoms with van der Waals surface area (Å²) in [4.78, 5) is 12.1. The molecule has 0 saturated carbocycles. The van der Waals surface area contributed by atoms with Crippen molar-refractivity contribution in [1.29, 1.82) is 0 Å². The second kappa shape index (κ2) is 7.38. The summed E-state index contributed by atoms with van der Waals surface area (Å²) in [5.41, 5.74) is 0.989. The van der Waals surface area contributed by atoms with Gasteiger partial charge in [-0.2, -0.15) is 0 Å². The lowest BCUT2D eigenvalue weighted by Crippen LogP contribution is -2.49. The highest BCUT2D eigenvalue weighted by Crippen LogP contribution is 2.16. The van der Waals surface area contributed by atoms with Crippen LogP contribution >= 0.6 is 12.4 Å². The highest BCUT2D eigenvalue weighted by molar-refractivity contribution is 5.85. The van der Waals surface area contributed by atoms with Gasteiger partial charge in [0.1, 0.15) is 6.33 Å². The van der Waals surface area contributed by atoms with E-state index in [1.54, 1.807) is 6.33 Å². The van der Waals surface area contributed by atoms with Gasteiger partial charge < -0.3 is 10.6 Å². The highest BCUT2D eigenvalue weighted by atomic mass is 35.5. The van der Waals surface area contributed by atoms with Crippen LogP contribution in [0.2, 0.25) is 0 Å². The molecule has 2 aromatic rings. The third-order valence-corrected chi connectivity index (χ3v) is 4.01. The average Bonchev–Trinajstić information content (AvgIpc) is 2.92. The molecule has 6 nitrogen and oxygen atoms in total. The number of nitrogens with zero attached hydrogens (tertiary/aromatic N) is 3. The van der Waals surface area contributed by atoms with E-state index in [4.69, 9.17) is 0 Å². The number of benzene rings is 1. The Bertz CT molecular complexity index is 611. The molecular formula is C15H20ClN5O. The third kappa shape index (κ3) is 3.45. The maximum Gasteiger partial charge on any atom is 0.223 e. The van der Waals surface area contributed by atoms with E-state index in [2.05, 4.69) is 20.8 Å². The highest BCUT2D eigenvalue weighted by Gasteiger charge is 2.28. The summed E-state index contributed by atoms with van der Waals surface area (Å²) in [5, 5.41) is 14.2. The topological polar surface area (TPSA) is 71.8 Å². The number of hydrogen-bond acceptors (Lipinski definition) is 4. The van der Waals surface area contributed by atoms with Gasteiger partial charge in [0.15, 0.2) is 5.82 Å². The second-order valence-corrected chi connectivity index (χ2v) is 5.38. The predicted molar refractivity (Wildman–Crippen MR) is 86.0 cm³/mol. The predicted octanol–water partition coefficient (Wildman–Crippen LogP) is 1.16. The summed E-state index contributed by atoms with van der Waals surface area (Å²) >= 11 is 0. The van der Waals surface area contributed by atoms with E-state index in [1.807, 2.05) is 41.8 Å². The number of amides is 1. The zero-order chi connectivity index (χ0) is 14.7. The van der Waals surface area contributed by atoms with Crippen molar-refractivity contribution in [2.75, 3.05) is 13.1 Å². The molecule has 1 fully saturated rings. The first-order valence-corrected chi connectivity index (χ1v) is 7.18. The molecular weight excluding hydrogens is 302 g/mol. The van der Waals surface area contributed by atoms with Gasteiger partial charge in [-0.15, -0.1) is 22.6 Å². The number of halogens is 1. The molecule has 1 atom stereocenters. The fourth-order valence-electron chi connectivity index (χ4n) is 2.39. The maximum atomic E-state index is 12.1. The summed E-state index contributed by atoms with van der Waals surface area (Å²) in [7, 11) is 0. The van der Waals surface area contributed by atoms with Gasteiger partial charge in [0.2, 0.25) is 5.91 Å². The van der Waals surface area contributed by atoms with E-state index in [1.165, 1.54) is 0 Å². The van der Waals surface area contributed by atoms with Crippen LogP contribution in [0.5, 0.6) is 0 Å². The number of rotatable bonds is 5. The molecule has 3 rings (SSSR count). The van der Waals surface area contributed by atoms with Gasteiger partial charge >= 0.3 is 0 Å². The molecule has 0 spiro atoms. The number of aromatic nitrogens is 3. The molecule has 1 amide bonds. The first-order chi connectivity index (χ1) is 10.3. The summed E-state index contributed by atoms with van der Waals surface area (Å²) in [6, 6.07) is 9.85. The Kier molecular flexibility index (Phi) is 5.51. The largest absolute Gasteiger partial charge is 0.349 e. The second-order valence-electron chi connectivity index (χ2n) is 5.38. The molecule has 0 radical (unpaired) electrons. The molecule has 1 aromatic carbocycles. The van der Waals surface area contributed by atoms with Gasteiger partial charge in [-0.05, 0) is 31.1 Å². The lowest BCUT2D eigenvalue weighted by atomic mass is 9.88. The maximum absolute atomic E-state index is 12.1. The third-order valence-electron chi connectivity index (χ3n) is 4.01. The van der Waals surface area contributed by atoms with Crippen molar-refractivity contribution >= 4 is 18.3 Å². The Hall–Kier alpha value is -1.92. The lowest BCUT2D eigenvalue weighted by molar-refractivity contribution is -0.126. The number of carbonyl (C=O) groups excluding carboxylic acids is 1. The molecule has 1 unspecified atom stereocenters. The van der Waals surface area contributed by atoms with Crippen molar-refractivity contribution in [2.45, 2.75) is 13.5 Å². The Balaban J connectivity index is 0.00000176. The monoisotopic (exact) mass is 321 g/mol. The van der Waals surface area contributed by atoms with E-state index < -0.39 is 0 Å². The van der Waals surface area contributed by atoms with E-state index >= 15 is 0 Å². The van der Waals surface area contributed by atoms with Gasteiger partial charge in [0.25, 0.3) is 0 Å². The summed E-state index contributed by atoms with van der Waals surface area (Å²) in [6.07, 6.45) is 1.66. The Morgan fingerprint density at radius 2 is 2.14 bits per heavy atom. The van der Waals surface area contributed by atoms with E-state index in [0.717, 1.165) is 24.6 Å². The van der Waals surface area contributed by atoms with Crippen LogP contribution in [0.3, 0.4) is 0 Å². The van der Waals surface area contributed by atoms with Gasteiger partial charge in [-0.1, -0.05) is 25.1 Å². The van der Waals surface area contributed by atoms with Crippen LogP contribution in [-0.2, 0) is 11.3 Å². The Morgan fingerprint density at radius 1 is 1.41 bits per heavy atom. The normalized spacial score (nSPS) is 15.5. The number of nitrogens with one attached hydrogen (secondary N) is 2. The molecule has 7 heteroatoms. The molecule has 0 bridgehead atoms. The minimum absolute atomic E-state index is 0. The molecule has 1 aromatic heterocycles. The van der Waals surface area contributed by atoms with Crippen LogP contribution in [0.15, 0.2) is 36.7 Å². The van der Waals surface area contributed by atoms with Crippen molar-refractivity contribution < 1.29 is 4.79 Å². The molecule has 2 heterocycles. The van der Waals surface area contributed by atoms with Crippen molar-refractivity contribution in [2.24, 2.45) is 11.8 Å². The fraction of sp³-hybridized carbons (Fsp3) is 0.400. The molecule has 1 aliphatic heterocycles. The Labute approximate surface area is 135 Å². The summed E-state index contributed by atoms with van der Waals surface area (Å²) < 4.78 is 1.88. The zero-order valence-electron chi connectivity index (χ0n) is 12.4. The van der Waals surface area contributed by atoms with Crippen molar-refractivity contribution in [1.82, 2.24) is 25.4 Å². The van der Waals surface area contributed by atoms with Crippen molar-refractivity contribution in [3.63, 3.8) is 0 Å². The van der Waals surface area contributed by atoms with Crippen LogP contribution in [0, 0.1) is 11.8 Å². The quantitative estimate of drug-likeness (QED) is 0.867. The zero-order valence-corrected chi connectivity index (χ0v) is 13.2. The smallest absolute Gasteiger partial charge is 0.223 e. The van der Waals surface area contributed by atoms with Crippen LogP contribution in [-0.4, -0.2) is 33.8 Å². The number of para-hydroxylation sites is 1. The molecule has 22 heavy (non-hydrogen) atoms. The molecule has 0 aliphatic carbocycles. The van der Waals surface area contributed by atoms with E-state index in [0.29, 0.717) is 12.5 Å². The van der Waals surface area contributed by atoms with Gasteiger partial charge in [0.05, 0.1) is 6.54 Å². The van der Waals surface area contributed by atoms with Crippen molar-refractivity contribution in [3.05, 3.63) is 42.5 Å². The van der Waals surface area contributed by atoms with Gasteiger partial charge in [-0.25, -0.2) is 0 Å². The van der Waals surface area contributed by atoms with Crippen LogP contribution < -0.4 is 10.6 Å². The number of carbonyl (C=O) groups is 1. The van der Waals surface area contributed by atoms with E-state index in [-0.39, 0.29) is 24.2 Å². The fourth-order valence-corrected chi connectivity index (χ4v) is 2.39. The number of hydrogen-bond donors (Lipinski definition) is 2. The Morgan fingerprint density at radius 3 is 2.77 bits per heavy atom. The first-order valence-electron chi connectivity index (χ1n) is 7.18. The first kappa shape index (κ1) is 16.5. The van der Waals surface area contributed by atoms with E-state index in [9.17, 15) is 4.79 Å². The molecule has 1 saturated heterocycles. The average molecular weight is 322 g/mol. The van der Waals surface area contributed by atoms with Gasteiger partial charge in [0, 0.05) is 11.6 Å². The SMILES string of the molecule is CC(C(=O)NCc1nncn1-c1ccccc1)C1CNC1.Cl. The van der Waals surface area contributed by atoms with Crippen LogP contribution in [0.1, 0.15) is 12.7 Å². The van der Waals surface area contributed by atoms with Crippen LogP contribution in [0.4, 0.5) is 0 Å². The molecule has 2 N–H and O–H groups in total. The standard InChI is InChI=1S/C15H19N5O.ClH/c1-11(12-7-16-8-12)15(21)17-9-14-19-18-10-20(14)13-5-3-2-4-6-13;/h2-6,10-12,16H,7-9H2,1H3,(H,17,21);1H. The van der Waals surface area contributed by atoms with Gasteiger partial charge in [-0.3, -0.25) is 9.36 Å². The molecule has 118 valence electrons. The van der Waals surface area contributed by atoms with Crippen molar-refractivity contribution in [3.8, 4) is 5.69 Å². The minimum atomic E-state index is 0. The minimum Gasteiger partial charge on any atom is -0.349 e.